The summed E-state index contributed by atoms with van der Waals surface area (Å²) in [6, 6.07) is -1.56. The number of hydrogen-bond acceptors (Lipinski definition) is 8. The summed E-state index contributed by atoms with van der Waals surface area (Å²) >= 11 is 0. The van der Waals surface area contributed by atoms with Crippen molar-refractivity contribution in [3.05, 3.63) is 0 Å². The number of likely N-dealkylation sites (tertiary alicyclic amines) is 4. The van der Waals surface area contributed by atoms with Crippen LogP contribution in [0.2, 0.25) is 0 Å². The molecule has 8 amide bonds. The van der Waals surface area contributed by atoms with E-state index in [0.29, 0.717) is 77.5 Å². The Hall–Kier alpha value is -4.24. The topological polar surface area (TPSA) is 254 Å². The Balaban J connectivity index is 0.000000320. The van der Waals surface area contributed by atoms with E-state index in [1.54, 1.807) is 19.6 Å². The number of carbonyl (C=O) groups is 8. The number of primary amides is 4. The van der Waals surface area contributed by atoms with Gasteiger partial charge < -0.3 is 42.5 Å². The highest BCUT2D eigenvalue weighted by Gasteiger charge is 2.32. The molecule has 272 valence electrons. The molecule has 48 heavy (non-hydrogen) atoms. The minimum Gasteiger partial charge on any atom is -0.368 e. The van der Waals surface area contributed by atoms with E-state index in [2.05, 4.69) is 0 Å². The quantitative estimate of drug-likeness (QED) is 0.208. The first-order valence-electron chi connectivity index (χ1n) is 17.0. The summed E-state index contributed by atoms with van der Waals surface area (Å²) in [5.41, 5.74) is 20.6. The van der Waals surface area contributed by atoms with E-state index in [-0.39, 0.29) is 47.8 Å². The van der Waals surface area contributed by atoms with Gasteiger partial charge in [0.15, 0.2) is 0 Å². The largest absolute Gasteiger partial charge is 0.368 e. The molecule has 16 heteroatoms. The molecule has 4 aliphatic heterocycles. The third-order valence-electron chi connectivity index (χ3n) is 8.81. The molecule has 0 aliphatic carbocycles. The van der Waals surface area contributed by atoms with E-state index in [1.807, 2.05) is 27.7 Å². The number of hydrogen-bond donors (Lipinski definition) is 4. The predicted molar refractivity (Wildman–Crippen MR) is 177 cm³/mol. The lowest BCUT2D eigenvalue weighted by molar-refractivity contribution is -0.136. The second kappa shape index (κ2) is 20.9. The van der Waals surface area contributed by atoms with Crippen LogP contribution >= 0.6 is 0 Å². The molecule has 0 radical (unpaired) electrons. The zero-order valence-corrected chi connectivity index (χ0v) is 29.0. The minimum atomic E-state index is -0.396. The lowest BCUT2D eigenvalue weighted by atomic mass is 10.2. The molecule has 4 aliphatic rings. The summed E-state index contributed by atoms with van der Waals surface area (Å²) in [4.78, 5) is 94.7. The summed E-state index contributed by atoms with van der Waals surface area (Å²) in [7, 11) is 0. The van der Waals surface area contributed by atoms with Gasteiger partial charge >= 0.3 is 0 Å². The van der Waals surface area contributed by atoms with Crippen LogP contribution in [-0.4, -0.2) is 117 Å². The van der Waals surface area contributed by atoms with Crippen molar-refractivity contribution >= 4 is 47.3 Å². The third-order valence-corrected chi connectivity index (χ3v) is 8.81. The smallest absolute Gasteiger partial charge is 0.240 e. The van der Waals surface area contributed by atoms with Crippen molar-refractivity contribution in [2.75, 3.05) is 26.2 Å². The zero-order valence-electron chi connectivity index (χ0n) is 29.0. The standard InChI is InChI=1S/4C8H14N2O2/c4*1-2-6(8(9)12)10-5-3-4-7(10)11/h4*6H,2-5H2,1H3,(H2,9,12)/t4*6-/m0000/s1. The van der Waals surface area contributed by atoms with Crippen LogP contribution in [-0.2, 0) is 38.4 Å². The highest BCUT2D eigenvalue weighted by Crippen LogP contribution is 2.17. The third kappa shape index (κ3) is 12.1. The van der Waals surface area contributed by atoms with Crippen molar-refractivity contribution in [2.24, 2.45) is 22.9 Å². The Morgan fingerprint density at radius 3 is 0.688 bits per heavy atom. The van der Waals surface area contributed by atoms with Crippen molar-refractivity contribution < 1.29 is 38.4 Å². The second-order valence-electron chi connectivity index (χ2n) is 12.1. The maximum atomic E-state index is 11.2. The first-order chi connectivity index (χ1) is 22.7. The molecule has 0 aromatic heterocycles. The van der Waals surface area contributed by atoms with Gasteiger partial charge in [-0.25, -0.2) is 0 Å². The highest BCUT2D eigenvalue weighted by molar-refractivity contribution is 5.89. The molecule has 0 aromatic carbocycles. The van der Waals surface area contributed by atoms with E-state index in [4.69, 9.17) is 22.9 Å². The Kier molecular flexibility index (Phi) is 18.2. The number of rotatable bonds is 12. The van der Waals surface area contributed by atoms with Gasteiger partial charge in [-0.1, -0.05) is 27.7 Å². The van der Waals surface area contributed by atoms with Gasteiger partial charge in [-0.15, -0.1) is 0 Å². The van der Waals surface area contributed by atoms with E-state index < -0.39 is 23.6 Å². The van der Waals surface area contributed by atoms with Crippen LogP contribution in [0.3, 0.4) is 0 Å². The van der Waals surface area contributed by atoms with Gasteiger partial charge in [0.1, 0.15) is 24.2 Å². The van der Waals surface area contributed by atoms with E-state index in [0.717, 1.165) is 25.7 Å². The Labute approximate surface area is 283 Å². The minimum absolute atomic E-state index is 0.0562. The fourth-order valence-corrected chi connectivity index (χ4v) is 6.29. The molecule has 0 aromatic rings. The summed E-state index contributed by atoms with van der Waals surface area (Å²) in [5.74, 6) is -1.36. The number of nitrogens with zero attached hydrogens (tertiary/aromatic N) is 4. The van der Waals surface area contributed by atoms with Crippen molar-refractivity contribution in [3.8, 4) is 0 Å². The van der Waals surface area contributed by atoms with Crippen LogP contribution in [0.1, 0.15) is 105 Å². The maximum Gasteiger partial charge on any atom is 0.240 e. The number of amides is 8. The van der Waals surface area contributed by atoms with Gasteiger partial charge in [-0.05, 0) is 51.4 Å². The molecular weight excluding hydrogens is 624 g/mol. The van der Waals surface area contributed by atoms with Crippen molar-refractivity contribution in [1.82, 2.24) is 19.6 Å². The fourth-order valence-electron chi connectivity index (χ4n) is 6.29. The molecule has 4 rings (SSSR count). The second-order valence-corrected chi connectivity index (χ2v) is 12.1. The van der Waals surface area contributed by atoms with Crippen LogP contribution in [0.25, 0.3) is 0 Å². The van der Waals surface area contributed by atoms with Crippen LogP contribution in [0, 0.1) is 0 Å². The summed E-state index contributed by atoms with van der Waals surface area (Å²) in [6.45, 7) is 10.2. The van der Waals surface area contributed by atoms with Crippen LogP contribution in [0.4, 0.5) is 0 Å². The Morgan fingerprint density at radius 1 is 0.438 bits per heavy atom. The summed E-state index contributed by atoms with van der Waals surface area (Å²) in [6.07, 6.45) is 8.09. The molecule has 0 saturated carbocycles. The zero-order chi connectivity index (χ0) is 36.6. The Morgan fingerprint density at radius 2 is 0.604 bits per heavy atom. The molecule has 0 unspecified atom stereocenters. The number of nitrogens with two attached hydrogens (primary N) is 4. The molecule has 0 bridgehead atoms. The lowest BCUT2D eigenvalue weighted by Crippen LogP contribution is -2.44. The average Bonchev–Trinajstić information content (AvgIpc) is 3.83. The molecule has 4 atom stereocenters. The van der Waals surface area contributed by atoms with Crippen molar-refractivity contribution in [3.63, 3.8) is 0 Å². The summed E-state index contributed by atoms with van der Waals surface area (Å²) in [5, 5.41) is 0. The van der Waals surface area contributed by atoms with Crippen molar-refractivity contribution in [2.45, 2.75) is 129 Å². The average molecular weight is 681 g/mol. The van der Waals surface area contributed by atoms with Gasteiger partial charge in [-0.2, -0.15) is 0 Å². The molecule has 4 fully saturated rings. The molecule has 4 heterocycles. The predicted octanol–water partition coefficient (Wildman–Crippen LogP) is -0.509. The lowest BCUT2D eigenvalue weighted by Gasteiger charge is -2.23. The van der Waals surface area contributed by atoms with Gasteiger partial charge in [0.05, 0.1) is 0 Å². The highest BCUT2D eigenvalue weighted by atomic mass is 16.2. The summed E-state index contributed by atoms with van der Waals surface area (Å²) < 4.78 is 0. The van der Waals surface area contributed by atoms with Crippen LogP contribution in [0.15, 0.2) is 0 Å². The number of carbonyl (C=O) groups excluding carboxylic acids is 8. The van der Waals surface area contributed by atoms with Crippen LogP contribution < -0.4 is 22.9 Å². The Bertz CT molecular complexity index is 989. The van der Waals surface area contributed by atoms with Gasteiger partial charge in [-0.3, -0.25) is 38.4 Å². The van der Waals surface area contributed by atoms with Gasteiger partial charge in [0.25, 0.3) is 0 Å². The van der Waals surface area contributed by atoms with E-state index >= 15 is 0 Å². The maximum absolute atomic E-state index is 11.2. The molecule has 0 spiro atoms. The first kappa shape index (κ1) is 41.8. The monoisotopic (exact) mass is 680 g/mol. The molecular formula is C32H56N8O8. The fraction of sp³-hybridized carbons (Fsp3) is 0.750. The molecule has 16 nitrogen and oxygen atoms in total. The van der Waals surface area contributed by atoms with E-state index in [9.17, 15) is 38.4 Å². The van der Waals surface area contributed by atoms with Gasteiger partial charge in [0.2, 0.25) is 47.3 Å². The van der Waals surface area contributed by atoms with Crippen LogP contribution in [0.5, 0.6) is 0 Å². The first-order valence-corrected chi connectivity index (χ1v) is 17.0. The SMILES string of the molecule is CC[C@@H](C(N)=O)N1CCCC1=O.CC[C@@H](C(N)=O)N1CCCC1=O.CC[C@@H](C(N)=O)N1CCCC1=O.CC[C@@H](C(N)=O)N1CCCC1=O. The normalized spacial score (nSPS) is 19.8. The van der Waals surface area contributed by atoms with Crippen molar-refractivity contribution in [1.29, 1.82) is 0 Å². The molecule has 8 N–H and O–H groups in total. The molecule has 4 saturated heterocycles. The van der Waals surface area contributed by atoms with Gasteiger partial charge in [0, 0.05) is 51.9 Å². The van der Waals surface area contributed by atoms with E-state index in [1.165, 1.54) is 0 Å².